The van der Waals surface area contributed by atoms with Crippen molar-refractivity contribution in [3.63, 3.8) is 0 Å². The number of nitrogens with one attached hydrogen (secondary N) is 1. The van der Waals surface area contributed by atoms with Crippen molar-refractivity contribution in [1.82, 2.24) is 14.8 Å². The van der Waals surface area contributed by atoms with Crippen LogP contribution in [0.3, 0.4) is 0 Å². The second-order valence-corrected chi connectivity index (χ2v) is 6.33. The number of benzene rings is 1. The van der Waals surface area contributed by atoms with Crippen LogP contribution >= 0.6 is 0 Å². The van der Waals surface area contributed by atoms with Crippen molar-refractivity contribution in [1.29, 1.82) is 0 Å². The van der Waals surface area contributed by atoms with E-state index in [2.05, 4.69) is 5.32 Å². The number of nitrogens with zero attached hydrogens (tertiary/aromatic N) is 2. The van der Waals surface area contributed by atoms with Crippen LogP contribution in [0, 0.1) is 0 Å². The molecule has 0 spiro atoms. The van der Waals surface area contributed by atoms with Gasteiger partial charge in [0.15, 0.2) is 5.58 Å². The number of hydrogen-bond acceptors (Lipinski definition) is 5. The van der Waals surface area contributed by atoms with Crippen LogP contribution in [0.4, 0.5) is 0 Å². The number of ether oxygens (including phenoxy) is 1. The zero-order valence-electron chi connectivity index (χ0n) is 14.8. The maximum absolute atomic E-state index is 12.2. The molecule has 0 atom stereocenters. The minimum atomic E-state index is -0.561. The van der Waals surface area contributed by atoms with Gasteiger partial charge >= 0.3 is 5.76 Å². The van der Waals surface area contributed by atoms with Gasteiger partial charge in [0.05, 0.1) is 5.52 Å². The van der Waals surface area contributed by atoms with Crippen molar-refractivity contribution in [3.8, 4) is 0 Å². The molecule has 8 heteroatoms. The summed E-state index contributed by atoms with van der Waals surface area (Å²) in [7, 11) is 0. The largest absolute Gasteiger partial charge is 0.420 e. The molecule has 3 rings (SSSR count). The lowest BCUT2D eigenvalue weighted by Crippen LogP contribution is -2.46. The zero-order valence-corrected chi connectivity index (χ0v) is 14.8. The minimum Gasteiger partial charge on any atom is -0.408 e. The standard InChI is InChI=1S/C18H23N3O5/c1-13(22)20(14-6-10-25-11-7-14)9-8-19-17(23)12-21-15-4-2-3-5-16(15)26-18(21)24/h2-5,14H,6-12H2,1H3,(H,19,23). The van der Waals surface area contributed by atoms with Gasteiger partial charge in [0.2, 0.25) is 11.8 Å². The molecule has 1 aliphatic rings. The lowest BCUT2D eigenvalue weighted by molar-refractivity contribution is -0.133. The van der Waals surface area contributed by atoms with Crippen LogP contribution in [0.5, 0.6) is 0 Å². The van der Waals surface area contributed by atoms with Gasteiger partial charge in [0, 0.05) is 39.3 Å². The maximum atomic E-state index is 12.2. The third-order valence-corrected chi connectivity index (χ3v) is 4.59. The highest BCUT2D eigenvalue weighted by Crippen LogP contribution is 2.14. The second-order valence-electron chi connectivity index (χ2n) is 6.33. The quantitative estimate of drug-likeness (QED) is 0.819. The molecule has 26 heavy (non-hydrogen) atoms. The smallest absolute Gasteiger partial charge is 0.408 e. The molecule has 8 nitrogen and oxygen atoms in total. The van der Waals surface area contributed by atoms with E-state index in [0.717, 1.165) is 12.8 Å². The van der Waals surface area contributed by atoms with Gasteiger partial charge in [-0.1, -0.05) is 12.1 Å². The van der Waals surface area contributed by atoms with E-state index in [1.54, 1.807) is 29.2 Å². The number of carbonyl (C=O) groups is 2. The van der Waals surface area contributed by atoms with Crippen LogP contribution in [0.1, 0.15) is 19.8 Å². The first-order chi connectivity index (χ1) is 12.6. The summed E-state index contributed by atoms with van der Waals surface area (Å²) in [5, 5.41) is 2.77. The average molecular weight is 361 g/mol. The molecule has 1 N–H and O–H groups in total. The lowest BCUT2D eigenvalue weighted by Gasteiger charge is -2.33. The number of amides is 2. The average Bonchev–Trinajstić information content (AvgIpc) is 2.95. The van der Waals surface area contributed by atoms with Gasteiger partial charge in [-0.05, 0) is 25.0 Å². The number of rotatable bonds is 6. The van der Waals surface area contributed by atoms with Gasteiger partial charge in [0.1, 0.15) is 6.54 Å². The van der Waals surface area contributed by atoms with E-state index < -0.39 is 5.76 Å². The van der Waals surface area contributed by atoms with E-state index >= 15 is 0 Å². The van der Waals surface area contributed by atoms with Crippen molar-refractivity contribution in [3.05, 3.63) is 34.8 Å². The van der Waals surface area contributed by atoms with Crippen molar-refractivity contribution >= 4 is 22.9 Å². The molecule has 2 heterocycles. The molecule has 1 aromatic heterocycles. The fraction of sp³-hybridized carbons (Fsp3) is 0.500. The van der Waals surface area contributed by atoms with Crippen molar-refractivity contribution in [2.45, 2.75) is 32.4 Å². The first-order valence-corrected chi connectivity index (χ1v) is 8.76. The van der Waals surface area contributed by atoms with Gasteiger partial charge < -0.3 is 19.4 Å². The summed E-state index contributed by atoms with van der Waals surface area (Å²) in [6, 6.07) is 7.12. The molecule has 0 saturated carbocycles. The molecule has 1 aromatic carbocycles. The molecular weight excluding hydrogens is 338 g/mol. The maximum Gasteiger partial charge on any atom is 0.420 e. The van der Waals surface area contributed by atoms with Crippen LogP contribution in [-0.2, 0) is 20.9 Å². The number of para-hydroxylation sites is 2. The molecule has 0 aliphatic carbocycles. The first-order valence-electron chi connectivity index (χ1n) is 8.76. The van der Waals surface area contributed by atoms with E-state index in [9.17, 15) is 14.4 Å². The summed E-state index contributed by atoms with van der Waals surface area (Å²) in [6.07, 6.45) is 1.62. The highest BCUT2D eigenvalue weighted by molar-refractivity contribution is 5.79. The Bertz CT molecular complexity index is 835. The van der Waals surface area contributed by atoms with Crippen LogP contribution in [0.25, 0.3) is 11.1 Å². The Morgan fingerprint density at radius 3 is 2.73 bits per heavy atom. The molecule has 140 valence electrons. The van der Waals surface area contributed by atoms with Gasteiger partial charge in [-0.25, -0.2) is 4.79 Å². The summed E-state index contributed by atoms with van der Waals surface area (Å²) in [5.41, 5.74) is 1.03. The highest BCUT2D eigenvalue weighted by atomic mass is 16.5. The van der Waals surface area contributed by atoms with Crippen LogP contribution in [0.15, 0.2) is 33.5 Å². The van der Waals surface area contributed by atoms with Gasteiger partial charge in [-0.15, -0.1) is 0 Å². The zero-order chi connectivity index (χ0) is 18.5. The highest BCUT2D eigenvalue weighted by Gasteiger charge is 2.23. The molecule has 2 aromatic rings. The summed E-state index contributed by atoms with van der Waals surface area (Å²) in [5.74, 6) is -0.869. The molecule has 1 fully saturated rings. The van der Waals surface area contributed by atoms with Crippen LogP contribution < -0.4 is 11.1 Å². The van der Waals surface area contributed by atoms with Gasteiger partial charge in [0.25, 0.3) is 0 Å². The molecule has 0 unspecified atom stereocenters. The molecular formula is C18H23N3O5. The van der Waals surface area contributed by atoms with E-state index in [1.165, 1.54) is 11.5 Å². The number of carbonyl (C=O) groups excluding carboxylic acids is 2. The number of fused-ring (bicyclic) bond motifs is 1. The number of hydrogen-bond donors (Lipinski definition) is 1. The Morgan fingerprint density at radius 2 is 2.00 bits per heavy atom. The summed E-state index contributed by atoms with van der Waals surface area (Å²) in [6.45, 7) is 3.49. The molecule has 2 amide bonds. The fourth-order valence-electron chi connectivity index (χ4n) is 3.27. The summed E-state index contributed by atoms with van der Waals surface area (Å²) in [4.78, 5) is 37.8. The van der Waals surface area contributed by atoms with Crippen molar-refractivity contribution in [2.75, 3.05) is 26.3 Å². The Morgan fingerprint density at radius 1 is 1.27 bits per heavy atom. The van der Waals surface area contributed by atoms with Gasteiger partial charge in [-0.3, -0.25) is 14.2 Å². The fourth-order valence-corrected chi connectivity index (χ4v) is 3.27. The predicted octanol–water partition coefficient (Wildman–Crippen LogP) is 0.738. The third kappa shape index (κ3) is 4.13. The van der Waals surface area contributed by atoms with E-state index in [1.807, 2.05) is 0 Å². The van der Waals surface area contributed by atoms with Crippen LogP contribution in [-0.4, -0.2) is 53.6 Å². The van der Waals surface area contributed by atoms with Gasteiger partial charge in [-0.2, -0.15) is 0 Å². The minimum absolute atomic E-state index is 0.0109. The van der Waals surface area contributed by atoms with E-state index in [0.29, 0.717) is 37.4 Å². The number of oxazole rings is 1. The molecule has 0 bridgehead atoms. The van der Waals surface area contributed by atoms with Crippen molar-refractivity contribution in [2.24, 2.45) is 0 Å². The van der Waals surface area contributed by atoms with E-state index in [4.69, 9.17) is 9.15 Å². The summed E-state index contributed by atoms with van der Waals surface area (Å²) >= 11 is 0. The molecule has 1 aliphatic heterocycles. The van der Waals surface area contributed by atoms with Crippen LogP contribution in [0.2, 0.25) is 0 Å². The van der Waals surface area contributed by atoms with Crippen molar-refractivity contribution < 1.29 is 18.7 Å². The molecule has 1 saturated heterocycles. The molecule has 0 radical (unpaired) electrons. The lowest BCUT2D eigenvalue weighted by atomic mass is 10.1. The topological polar surface area (TPSA) is 93.8 Å². The second kappa shape index (κ2) is 8.18. The first kappa shape index (κ1) is 18.2. The Labute approximate surface area is 150 Å². The normalized spacial score (nSPS) is 15.1. The van der Waals surface area contributed by atoms with E-state index in [-0.39, 0.29) is 24.4 Å². The monoisotopic (exact) mass is 361 g/mol. The Kier molecular flexibility index (Phi) is 5.72. The summed E-state index contributed by atoms with van der Waals surface area (Å²) < 4.78 is 11.7. The predicted molar refractivity (Wildman–Crippen MR) is 94.7 cm³/mol. The third-order valence-electron chi connectivity index (χ3n) is 4.59. The Hall–Kier alpha value is -2.61. The SMILES string of the molecule is CC(=O)N(CCNC(=O)Cn1c(=O)oc2ccccc21)C1CCOCC1. The Balaban J connectivity index is 1.55. The number of aromatic nitrogens is 1.